The first kappa shape index (κ1) is 28.7. The summed E-state index contributed by atoms with van der Waals surface area (Å²) in [6.45, 7) is 0. The minimum absolute atomic E-state index is 0.978. The molecule has 2 heteroatoms. The van der Waals surface area contributed by atoms with Gasteiger partial charge in [0.2, 0.25) is 0 Å². The van der Waals surface area contributed by atoms with Gasteiger partial charge in [-0.15, -0.1) is 0 Å². The Hall–Kier alpha value is -6.51. The fourth-order valence-electron chi connectivity index (χ4n) is 7.28. The van der Waals surface area contributed by atoms with Crippen LogP contribution in [0.15, 0.2) is 194 Å². The zero-order valence-corrected chi connectivity index (χ0v) is 26.9. The van der Waals surface area contributed by atoms with Crippen molar-refractivity contribution in [2.24, 2.45) is 0 Å². The predicted octanol–water partition coefficient (Wildman–Crippen LogP) is 13.0. The van der Waals surface area contributed by atoms with Crippen LogP contribution in [-0.4, -0.2) is 4.98 Å². The average molecular weight is 625 g/mol. The number of benzene rings is 8. The molecule has 0 amide bonds. The van der Waals surface area contributed by atoms with Crippen LogP contribution in [0.5, 0.6) is 0 Å². The fraction of sp³-hybridized carbons (Fsp3) is 0. The monoisotopic (exact) mass is 624 g/mol. The van der Waals surface area contributed by atoms with Crippen LogP contribution in [0.25, 0.3) is 65.8 Å². The highest BCUT2D eigenvalue weighted by atomic mass is 15.1. The highest BCUT2D eigenvalue weighted by molar-refractivity contribution is 6.10. The maximum atomic E-state index is 4.70. The third-order valence-electron chi connectivity index (χ3n) is 9.52. The van der Waals surface area contributed by atoms with Crippen molar-refractivity contribution in [1.29, 1.82) is 0 Å². The number of hydrogen-bond acceptors (Lipinski definition) is 2. The van der Waals surface area contributed by atoms with Gasteiger partial charge in [-0.2, -0.15) is 0 Å². The second-order valence-electron chi connectivity index (χ2n) is 12.3. The van der Waals surface area contributed by atoms with E-state index in [1.54, 1.807) is 0 Å². The van der Waals surface area contributed by atoms with E-state index in [1.807, 2.05) is 12.3 Å². The summed E-state index contributed by atoms with van der Waals surface area (Å²) in [5.41, 5.74) is 10.3. The van der Waals surface area contributed by atoms with Crippen molar-refractivity contribution in [1.82, 2.24) is 4.98 Å². The average Bonchev–Trinajstić information content (AvgIpc) is 3.18. The molecule has 0 unspecified atom stereocenters. The molecule has 230 valence electrons. The van der Waals surface area contributed by atoms with Crippen molar-refractivity contribution in [2.75, 3.05) is 4.90 Å². The molecule has 0 bridgehead atoms. The molecule has 0 aliphatic rings. The third-order valence-corrected chi connectivity index (χ3v) is 9.52. The normalized spacial score (nSPS) is 11.3. The Balaban J connectivity index is 1.20. The number of para-hydroxylation sites is 1. The molecular formula is C47H32N2. The molecule has 49 heavy (non-hydrogen) atoms. The maximum absolute atomic E-state index is 4.70. The van der Waals surface area contributed by atoms with Crippen molar-refractivity contribution in [3.63, 3.8) is 0 Å². The molecule has 0 saturated carbocycles. The summed E-state index contributed by atoms with van der Waals surface area (Å²) in [5.74, 6) is 0. The molecule has 1 heterocycles. The van der Waals surface area contributed by atoms with E-state index in [1.165, 1.54) is 54.6 Å². The van der Waals surface area contributed by atoms with Gasteiger partial charge >= 0.3 is 0 Å². The number of fused-ring (bicyclic) bond motifs is 3. The molecule has 0 radical (unpaired) electrons. The number of rotatable bonds is 6. The summed E-state index contributed by atoms with van der Waals surface area (Å²) in [4.78, 5) is 7.07. The van der Waals surface area contributed by atoms with Crippen LogP contribution in [-0.2, 0) is 0 Å². The Morgan fingerprint density at radius 1 is 0.347 bits per heavy atom. The lowest BCUT2D eigenvalue weighted by molar-refractivity contribution is 1.30. The van der Waals surface area contributed by atoms with Gasteiger partial charge in [0, 0.05) is 28.5 Å². The molecule has 2 nitrogen and oxygen atoms in total. The van der Waals surface area contributed by atoms with Crippen LogP contribution in [0, 0.1) is 0 Å². The summed E-state index contributed by atoms with van der Waals surface area (Å²) in [7, 11) is 0. The van der Waals surface area contributed by atoms with E-state index >= 15 is 0 Å². The number of aromatic nitrogens is 1. The number of nitrogens with zero attached hydrogens (tertiary/aromatic N) is 2. The van der Waals surface area contributed by atoms with Gasteiger partial charge in [0.15, 0.2) is 0 Å². The zero-order valence-electron chi connectivity index (χ0n) is 26.9. The van der Waals surface area contributed by atoms with Gasteiger partial charge < -0.3 is 4.90 Å². The van der Waals surface area contributed by atoms with Crippen LogP contribution in [0.2, 0.25) is 0 Å². The van der Waals surface area contributed by atoms with Gasteiger partial charge in [-0.05, 0) is 91.6 Å². The van der Waals surface area contributed by atoms with Gasteiger partial charge in [0.25, 0.3) is 0 Å². The van der Waals surface area contributed by atoms with Crippen LogP contribution >= 0.6 is 0 Å². The standard InChI is InChI=1S/C47H32N2/c1-2-17-36(18-3-1)49(46-31-30-42(41-20-6-7-21-43(41)46)40-23-10-14-33-13-4-5-19-38(33)40)37-28-26-34(27-29-37)39-22-11-15-35-16-12-24-44(47(35)39)45-25-8-9-32-48-45/h1-32H. The summed E-state index contributed by atoms with van der Waals surface area (Å²) in [6.07, 6.45) is 1.86. The van der Waals surface area contributed by atoms with Crippen LogP contribution in [0.3, 0.4) is 0 Å². The molecule has 1 aromatic heterocycles. The highest BCUT2D eigenvalue weighted by Crippen LogP contribution is 2.44. The highest BCUT2D eigenvalue weighted by Gasteiger charge is 2.18. The van der Waals surface area contributed by atoms with Crippen molar-refractivity contribution in [3.05, 3.63) is 194 Å². The minimum Gasteiger partial charge on any atom is -0.310 e. The molecule has 0 spiro atoms. The summed E-state index contributed by atoms with van der Waals surface area (Å²) < 4.78 is 0. The second kappa shape index (κ2) is 12.3. The molecule has 8 aromatic carbocycles. The van der Waals surface area contributed by atoms with Gasteiger partial charge in [-0.3, -0.25) is 4.98 Å². The van der Waals surface area contributed by atoms with Crippen LogP contribution < -0.4 is 4.90 Å². The number of hydrogen-bond donors (Lipinski definition) is 0. The molecule has 9 aromatic rings. The molecule has 0 aliphatic heterocycles. The van der Waals surface area contributed by atoms with Crippen molar-refractivity contribution < 1.29 is 0 Å². The van der Waals surface area contributed by atoms with Crippen molar-refractivity contribution >= 4 is 49.4 Å². The SMILES string of the molecule is c1ccc(N(c2ccc(-c3cccc4cccc(-c5ccccn5)c34)cc2)c2ccc(-c3cccc4ccccc34)c3ccccc23)cc1. The Bertz CT molecular complexity index is 2580. The lowest BCUT2D eigenvalue weighted by atomic mass is 9.92. The quantitative estimate of drug-likeness (QED) is 0.183. The minimum atomic E-state index is 0.978. The summed E-state index contributed by atoms with van der Waals surface area (Å²) in [6, 6.07) is 67.4. The first-order chi connectivity index (χ1) is 24.3. The first-order valence-corrected chi connectivity index (χ1v) is 16.7. The van der Waals surface area contributed by atoms with E-state index in [9.17, 15) is 0 Å². The van der Waals surface area contributed by atoms with E-state index in [0.717, 1.165) is 28.3 Å². The van der Waals surface area contributed by atoms with Gasteiger partial charge in [0.05, 0.1) is 11.4 Å². The molecule has 9 rings (SSSR count). The van der Waals surface area contributed by atoms with E-state index in [4.69, 9.17) is 4.98 Å². The Morgan fingerprint density at radius 3 is 1.71 bits per heavy atom. The topological polar surface area (TPSA) is 16.1 Å². The molecule has 0 N–H and O–H groups in total. The predicted molar refractivity (Wildman–Crippen MR) is 208 cm³/mol. The third kappa shape index (κ3) is 5.11. The van der Waals surface area contributed by atoms with Gasteiger partial charge in [-0.1, -0.05) is 146 Å². The van der Waals surface area contributed by atoms with E-state index in [2.05, 4.69) is 187 Å². The van der Waals surface area contributed by atoms with Crippen LogP contribution in [0.1, 0.15) is 0 Å². The van der Waals surface area contributed by atoms with Gasteiger partial charge in [-0.25, -0.2) is 0 Å². The molecule has 0 atom stereocenters. The smallest absolute Gasteiger partial charge is 0.0708 e. The van der Waals surface area contributed by atoms with E-state index in [0.29, 0.717) is 0 Å². The van der Waals surface area contributed by atoms with Crippen molar-refractivity contribution in [2.45, 2.75) is 0 Å². The molecule has 0 aliphatic carbocycles. The van der Waals surface area contributed by atoms with Gasteiger partial charge in [0.1, 0.15) is 0 Å². The summed E-state index contributed by atoms with van der Waals surface area (Å²) >= 11 is 0. The lowest BCUT2D eigenvalue weighted by Gasteiger charge is -2.28. The first-order valence-electron chi connectivity index (χ1n) is 16.7. The Morgan fingerprint density at radius 2 is 0.939 bits per heavy atom. The molecule has 0 saturated heterocycles. The second-order valence-corrected chi connectivity index (χ2v) is 12.3. The van der Waals surface area contributed by atoms with Crippen molar-refractivity contribution in [3.8, 4) is 33.5 Å². The Kier molecular flexibility index (Phi) is 7.18. The number of pyridine rings is 1. The van der Waals surface area contributed by atoms with E-state index in [-0.39, 0.29) is 0 Å². The Labute approximate surface area is 286 Å². The summed E-state index contributed by atoms with van der Waals surface area (Å²) in [5, 5.41) is 7.36. The molecular weight excluding hydrogens is 593 g/mol. The number of anilines is 3. The fourth-order valence-corrected chi connectivity index (χ4v) is 7.28. The lowest BCUT2D eigenvalue weighted by Crippen LogP contribution is -2.10. The van der Waals surface area contributed by atoms with Crippen LogP contribution in [0.4, 0.5) is 17.1 Å². The zero-order chi connectivity index (χ0) is 32.6. The molecule has 0 fully saturated rings. The largest absolute Gasteiger partial charge is 0.310 e. The maximum Gasteiger partial charge on any atom is 0.0708 e. The van der Waals surface area contributed by atoms with E-state index < -0.39 is 0 Å².